The Kier molecular flexibility index (Phi) is 11.4. The van der Waals surface area contributed by atoms with Gasteiger partial charge in [0.15, 0.2) is 0 Å². The molecule has 0 heterocycles. The number of hydrogen-bond acceptors (Lipinski definition) is 6. The lowest BCUT2D eigenvalue weighted by molar-refractivity contribution is -0.150. The molecule has 7 nitrogen and oxygen atoms in total. The molecule has 36 heavy (non-hydrogen) atoms. The summed E-state index contributed by atoms with van der Waals surface area (Å²) >= 11 is 0. The number of carbonyl (C=O) groups is 3. The molecule has 1 saturated carbocycles. The van der Waals surface area contributed by atoms with Gasteiger partial charge in [0.05, 0.1) is 12.5 Å². The van der Waals surface area contributed by atoms with Crippen molar-refractivity contribution >= 4 is 17.8 Å². The third kappa shape index (κ3) is 9.82. The number of amides is 1. The summed E-state index contributed by atoms with van der Waals surface area (Å²) in [7, 11) is 0. The number of esters is 2. The third-order valence-corrected chi connectivity index (χ3v) is 6.62. The van der Waals surface area contributed by atoms with Crippen LogP contribution in [0.3, 0.4) is 0 Å². The maximum atomic E-state index is 12.9. The van der Waals surface area contributed by atoms with Crippen molar-refractivity contribution in [3.8, 4) is 0 Å². The number of benzene rings is 2. The zero-order valence-electron chi connectivity index (χ0n) is 20.9. The average Bonchev–Trinajstić information content (AvgIpc) is 2.91. The van der Waals surface area contributed by atoms with Crippen LogP contribution in [0.1, 0.15) is 68.9 Å². The van der Waals surface area contributed by atoms with Gasteiger partial charge in [0.25, 0.3) is 0 Å². The molecule has 0 unspecified atom stereocenters. The van der Waals surface area contributed by atoms with E-state index in [1.54, 1.807) is 0 Å². The van der Waals surface area contributed by atoms with Crippen LogP contribution in [0.5, 0.6) is 0 Å². The van der Waals surface area contributed by atoms with Gasteiger partial charge in [0.2, 0.25) is 5.91 Å². The maximum absolute atomic E-state index is 12.9. The van der Waals surface area contributed by atoms with E-state index in [2.05, 4.69) is 5.32 Å². The van der Waals surface area contributed by atoms with Crippen LogP contribution in [-0.2, 0) is 37.1 Å². The van der Waals surface area contributed by atoms with Gasteiger partial charge in [-0.1, -0.05) is 106 Å². The lowest BCUT2D eigenvalue weighted by Crippen LogP contribution is -2.49. The van der Waals surface area contributed by atoms with Crippen LogP contribution in [0.4, 0.5) is 0 Å². The van der Waals surface area contributed by atoms with Crippen LogP contribution in [0.2, 0.25) is 0 Å². The smallest absolute Gasteiger partial charge is 0.328 e. The van der Waals surface area contributed by atoms with Crippen molar-refractivity contribution in [2.75, 3.05) is 0 Å². The molecule has 0 radical (unpaired) electrons. The quantitative estimate of drug-likeness (QED) is 0.399. The first-order valence-electron chi connectivity index (χ1n) is 13.0. The molecule has 2 atom stereocenters. The summed E-state index contributed by atoms with van der Waals surface area (Å²) in [6.45, 7) is 0.246. The minimum atomic E-state index is -1.11. The number of rotatable bonds is 13. The largest absolute Gasteiger partial charge is 0.461 e. The van der Waals surface area contributed by atoms with Gasteiger partial charge in [-0.05, 0) is 23.5 Å². The summed E-state index contributed by atoms with van der Waals surface area (Å²) in [6, 6.07) is 16.8. The Morgan fingerprint density at radius 3 is 2.06 bits per heavy atom. The highest BCUT2D eigenvalue weighted by atomic mass is 16.5. The van der Waals surface area contributed by atoms with Crippen molar-refractivity contribution in [2.24, 2.45) is 11.7 Å². The lowest BCUT2D eigenvalue weighted by Gasteiger charge is -2.23. The Labute approximate surface area is 213 Å². The van der Waals surface area contributed by atoms with Crippen molar-refractivity contribution < 1.29 is 23.9 Å². The molecule has 0 bridgehead atoms. The van der Waals surface area contributed by atoms with E-state index in [9.17, 15) is 14.4 Å². The van der Waals surface area contributed by atoms with E-state index in [-0.39, 0.29) is 19.6 Å². The molecule has 0 spiro atoms. The second-order valence-electron chi connectivity index (χ2n) is 9.55. The molecular formula is C29H38N2O5. The minimum absolute atomic E-state index is 0.115. The minimum Gasteiger partial charge on any atom is -0.461 e. The Bertz CT molecular complexity index is 945. The fourth-order valence-corrected chi connectivity index (χ4v) is 4.51. The number of carbonyl (C=O) groups excluding carboxylic acids is 3. The summed E-state index contributed by atoms with van der Waals surface area (Å²) in [6.07, 6.45) is 8.32. The predicted octanol–water partition coefficient (Wildman–Crippen LogP) is 4.43. The second kappa shape index (κ2) is 15.0. The van der Waals surface area contributed by atoms with Crippen molar-refractivity contribution in [1.29, 1.82) is 0 Å². The van der Waals surface area contributed by atoms with Crippen LogP contribution in [0.15, 0.2) is 60.7 Å². The fraction of sp³-hybridized carbons (Fsp3) is 0.483. The predicted molar refractivity (Wildman–Crippen MR) is 137 cm³/mol. The summed E-state index contributed by atoms with van der Waals surface area (Å²) < 4.78 is 10.7. The molecule has 1 fully saturated rings. The van der Waals surface area contributed by atoms with Gasteiger partial charge in [-0.2, -0.15) is 0 Å². The second-order valence-corrected chi connectivity index (χ2v) is 9.55. The number of nitrogens with two attached hydrogens (primary N) is 1. The van der Waals surface area contributed by atoms with E-state index in [0.717, 1.165) is 24.0 Å². The van der Waals surface area contributed by atoms with Crippen molar-refractivity contribution in [3.05, 3.63) is 71.8 Å². The maximum Gasteiger partial charge on any atom is 0.328 e. The highest BCUT2D eigenvalue weighted by Crippen LogP contribution is 2.28. The van der Waals surface area contributed by atoms with E-state index in [1.807, 2.05) is 60.7 Å². The summed E-state index contributed by atoms with van der Waals surface area (Å²) in [5.41, 5.74) is 7.70. The zero-order chi connectivity index (χ0) is 25.6. The van der Waals surface area contributed by atoms with Crippen LogP contribution in [0.25, 0.3) is 0 Å². The number of ether oxygens (including phenoxy) is 2. The van der Waals surface area contributed by atoms with Gasteiger partial charge in [-0.15, -0.1) is 0 Å². The molecule has 0 aromatic heterocycles. The third-order valence-electron chi connectivity index (χ3n) is 6.62. The molecule has 1 aliphatic rings. The topological polar surface area (TPSA) is 108 Å². The van der Waals surface area contributed by atoms with E-state index in [4.69, 9.17) is 15.2 Å². The zero-order valence-corrected chi connectivity index (χ0v) is 20.9. The Morgan fingerprint density at radius 1 is 0.861 bits per heavy atom. The highest BCUT2D eigenvalue weighted by molar-refractivity contribution is 5.90. The fourth-order valence-electron chi connectivity index (χ4n) is 4.51. The van der Waals surface area contributed by atoms with E-state index >= 15 is 0 Å². The first-order valence-corrected chi connectivity index (χ1v) is 13.0. The van der Waals surface area contributed by atoms with Gasteiger partial charge in [0.1, 0.15) is 19.3 Å². The molecule has 1 amide bonds. The van der Waals surface area contributed by atoms with Crippen molar-refractivity contribution in [3.63, 3.8) is 0 Å². The summed E-state index contributed by atoms with van der Waals surface area (Å²) in [5.74, 6) is -0.945. The molecule has 1 aliphatic carbocycles. The summed E-state index contributed by atoms with van der Waals surface area (Å²) in [5, 5.41) is 2.72. The van der Waals surface area contributed by atoms with Crippen LogP contribution >= 0.6 is 0 Å². The van der Waals surface area contributed by atoms with Crippen molar-refractivity contribution in [1.82, 2.24) is 5.32 Å². The average molecular weight is 495 g/mol. The van der Waals surface area contributed by atoms with Crippen molar-refractivity contribution in [2.45, 2.75) is 83.1 Å². The Morgan fingerprint density at radius 2 is 1.44 bits per heavy atom. The first kappa shape index (κ1) is 27.4. The van der Waals surface area contributed by atoms with Crippen LogP contribution in [0, 0.1) is 5.92 Å². The Balaban J connectivity index is 1.50. The monoisotopic (exact) mass is 494 g/mol. The molecule has 194 valence electrons. The molecule has 0 aliphatic heterocycles. The van der Waals surface area contributed by atoms with Gasteiger partial charge in [-0.25, -0.2) is 4.79 Å². The van der Waals surface area contributed by atoms with E-state index in [1.165, 1.54) is 32.1 Å². The molecule has 2 aromatic rings. The van der Waals surface area contributed by atoms with Crippen LogP contribution in [-0.4, -0.2) is 29.9 Å². The van der Waals surface area contributed by atoms with Gasteiger partial charge >= 0.3 is 11.9 Å². The lowest BCUT2D eigenvalue weighted by atomic mass is 9.85. The molecule has 2 aromatic carbocycles. The number of hydrogen-bond donors (Lipinski definition) is 2. The number of nitrogens with one attached hydrogen (secondary N) is 1. The molecule has 7 heteroatoms. The molecule has 3 N–H and O–H groups in total. The van der Waals surface area contributed by atoms with Gasteiger partial charge in [0, 0.05) is 0 Å². The molecule has 3 rings (SSSR count). The standard InChI is InChI=1S/C29H38N2O5/c30-25(19-27(32)35-20-23-13-6-2-7-14-23)28(33)31-26(18-10-17-22-11-4-1-5-12-22)29(34)36-21-24-15-8-3-9-16-24/h2-3,6-9,13-16,22,25-26H,1,4-5,10-12,17-21,30H2,(H,31,33)/t25-,26-/m0/s1. The first-order chi connectivity index (χ1) is 17.5. The van der Waals surface area contributed by atoms with Crippen LogP contribution < -0.4 is 11.1 Å². The van der Waals surface area contributed by atoms with E-state index < -0.39 is 29.9 Å². The SMILES string of the molecule is N[C@@H](CC(=O)OCc1ccccc1)C(=O)N[C@@H](CCCC1CCCCC1)C(=O)OCc1ccccc1. The van der Waals surface area contributed by atoms with E-state index in [0.29, 0.717) is 12.3 Å². The normalized spacial score (nSPS) is 15.5. The summed E-state index contributed by atoms with van der Waals surface area (Å²) in [4.78, 5) is 37.8. The Hall–Kier alpha value is -3.19. The highest BCUT2D eigenvalue weighted by Gasteiger charge is 2.27. The van der Waals surface area contributed by atoms with Gasteiger partial charge < -0.3 is 20.5 Å². The van der Waals surface area contributed by atoms with Gasteiger partial charge in [-0.3, -0.25) is 9.59 Å². The molecular weight excluding hydrogens is 456 g/mol. The molecule has 0 saturated heterocycles.